The van der Waals surface area contributed by atoms with Gasteiger partial charge in [-0.25, -0.2) is 4.57 Å². The number of rotatable bonds is 36. The second kappa shape index (κ2) is 38.2. The van der Waals surface area contributed by atoms with Crippen molar-refractivity contribution in [3.63, 3.8) is 0 Å². The van der Waals surface area contributed by atoms with Gasteiger partial charge in [-0.1, -0.05) is 138 Å². The second-order valence-electron chi connectivity index (χ2n) is 13.2. The Labute approximate surface area is 317 Å². The lowest BCUT2D eigenvalue weighted by molar-refractivity contribution is -0.161. The van der Waals surface area contributed by atoms with Gasteiger partial charge in [-0.3, -0.25) is 14.1 Å². The lowest BCUT2D eigenvalue weighted by atomic mass is 10.1. The number of phosphoric acid groups is 1. The molecule has 0 saturated heterocycles. The molecule has 0 rings (SSSR count). The minimum Gasteiger partial charge on any atom is -0.462 e. The molecule has 0 unspecified atom stereocenters. The third-order valence-corrected chi connectivity index (χ3v) is 8.68. The molecule has 0 spiro atoms. The first-order valence-corrected chi connectivity index (χ1v) is 21.8. The predicted molar refractivity (Wildman–Crippen MR) is 216 cm³/mol. The van der Waals surface area contributed by atoms with Gasteiger partial charge in [-0.05, 0) is 89.9 Å². The first kappa shape index (κ1) is 49.5. The van der Waals surface area contributed by atoms with Crippen molar-refractivity contribution in [1.29, 1.82) is 0 Å². The van der Waals surface area contributed by atoms with E-state index in [2.05, 4.69) is 91.3 Å². The van der Waals surface area contributed by atoms with Crippen LogP contribution in [-0.4, -0.2) is 41.0 Å². The number of carbonyl (C=O) groups excluding carboxylic acids is 2. The molecule has 52 heavy (non-hydrogen) atoms. The Bertz CT molecular complexity index is 1070. The quantitative estimate of drug-likeness (QED) is 0.0281. The first-order chi connectivity index (χ1) is 25.3. The van der Waals surface area contributed by atoms with Crippen LogP contribution in [0.4, 0.5) is 0 Å². The molecule has 2 N–H and O–H groups in total. The second-order valence-corrected chi connectivity index (χ2v) is 14.5. The summed E-state index contributed by atoms with van der Waals surface area (Å²) < 4.78 is 26.3. The number of hydrogen-bond donors (Lipinski definition) is 2. The molecule has 0 amide bonds. The van der Waals surface area contributed by atoms with Crippen LogP contribution < -0.4 is 0 Å². The molecule has 0 aliphatic heterocycles. The Morgan fingerprint density at radius 3 is 1.27 bits per heavy atom. The fourth-order valence-corrected chi connectivity index (χ4v) is 5.51. The van der Waals surface area contributed by atoms with E-state index in [9.17, 15) is 14.2 Å². The number of unbranched alkanes of at least 4 members (excludes halogenated alkanes) is 14. The maximum atomic E-state index is 12.4. The molecule has 298 valence electrons. The van der Waals surface area contributed by atoms with Crippen LogP contribution in [-0.2, 0) is 28.2 Å². The third kappa shape index (κ3) is 40.3. The van der Waals surface area contributed by atoms with Crippen molar-refractivity contribution in [3.05, 3.63) is 72.9 Å². The summed E-state index contributed by atoms with van der Waals surface area (Å²) >= 11 is 0. The fourth-order valence-electron chi connectivity index (χ4n) is 5.15. The zero-order chi connectivity index (χ0) is 38.2. The first-order valence-electron chi connectivity index (χ1n) is 20.2. The Balaban J connectivity index is 4.05. The summed E-state index contributed by atoms with van der Waals surface area (Å²) in [6.07, 6.45) is 49.0. The highest BCUT2D eigenvalue weighted by molar-refractivity contribution is 7.46. The van der Waals surface area contributed by atoms with Crippen LogP contribution in [0.3, 0.4) is 0 Å². The van der Waals surface area contributed by atoms with Gasteiger partial charge in [0.1, 0.15) is 6.61 Å². The molecule has 0 fully saturated rings. The molecular weight excluding hydrogens is 675 g/mol. The van der Waals surface area contributed by atoms with Crippen LogP contribution in [0.1, 0.15) is 168 Å². The van der Waals surface area contributed by atoms with Crippen molar-refractivity contribution >= 4 is 19.8 Å². The maximum absolute atomic E-state index is 12.4. The van der Waals surface area contributed by atoms with Crippen LogP contribution in [0.15, 0.2) is 72.9 Å². The van der Waals surface area contributed by atoms with Gasteiger partial charge in [0.25, 0.3) is 0 Å². The van der Waals surface area contributed by atoms with Gasteiger partial charge in [0.2, 0.25) is 0 Å². The van der Waals surface area contributed by atoms with Crippen LogP contribution in [0.2, 0.25) is 0 Å². The Morgan fingerprint density at radius 2 is 0.865 bits per heavy atom. The Kier molecular flexibility index (Phi) is 36.4. The SMILES string of the molecule is CCCCC/C=C\C/C=C\C/C=C\CCCCCCC(=O)OC[C@H](COP(=O)(O)O)OC(=O)CCCCCC/C=C\C/C=C\C/C=C\CCCCC. The van der Waals surface area contributed by atoms with E-state index in [1.54, 1.807) is 0 Å². The van der Waals surface area contributed by atoms with Crippen molar-refractivity contribution in [1.82, 2.24) is 0 Å². The highest BCUT2D eigenvalue weighted by Crippen LogP contribution is 2.36. The van der Waals surface area contributed by atoms with E-state index < -0.39 is 32.5 Å². The topological polar surface area (TPSA) is 119 Å². The molecule has 1 atom stereocenters. The summed E-state index contributed by atoms with van der Waals surface area (Å²) in [6, 6.07) is 0. The van der Waals surface area contributed by atoms with Gasteiger partial charge in [-0.15, -0.1) is 0 Å². The number of esters is 2. The standard InChI is InChI=1S/C43H73O8P/c1-3-5-7-9-11-13-15-17-19-21-23-25-27-29-31-33-35-37-42(44)49-39-41(40-50-52(46,47)48)51-43(45)38-36-34-32-30-28-26-24-22-20-18-16-14-12-10-8-6-4-2/h11-14,17-20,23-26,41H,3-10,15-16,21-22,27-40H2,1-2H3,(H2,46,47,48)/b13-11-,14-12-,19-17-,20-18-,25-23-,26-24-/t41-/m1/s1. The minimum absolute atomic E-state index is 0.177. The molecule has 8 nitrogen and oxygen atoms in total. The number of ether oxygens (including phenoxy) is 2. The van der Waals surface area contributed by atoms with E-state index in [0.717, 1.165) is 77.0 Å². The lowest BCUT2D eigenvalue weighted by Gasteiger charge is -2.18. The van der Waals surface area contributed by atoms with Gasteiger partial charge in [0, 0.05) is 12.8 Å². The fraction of sp³-hybridized carbons (Fsp3) is 0.674. The van der Waals surface area contributed by atoms with E-state index in [1.165, 1.54) is 51.4 Å². The molecule has 0 aliphatic rings. The smallest absolute Gasteiger partial charge is 0.462 e. The summed E-state index contributed by atoms with van der Waals surface area (Å²) in [5, 5.41) is 0. The van der Waals surface area contributed by atoms with E-state index in [1.807, 2.05) is 0 Å². The number of hydrogen-bond acceptors (Lipinski definition) is 6. The third-order valence-electron chi connectivity index (χ3n) is 8.20. The average molecular weight is 749 g/mol. The van der Waals surface area contributed by atoms with E-state index in [-0.39, 0.29) is 19.4 Å². The van der Waals surface area contributed by atoms with Gasteiger partial charge in [0.15, 0.2) is 6.10 Å². The summed E-state index contributed by atoms with van der Waals surface area (Å²) in [7, 11) is -4.77. The van der Waals surface area contributed by atoms with E-state index >= 15 is 0 Å². The van der Waals surface area contributed by atoms with Crippen LogP contribution >= 0.6 is 7.82 Å². The monoisotopic (exact) mass is 749 g/mol. The summed E-state index contributed by atoms with van der Waals surface area (Å²) in [5.74, 6) is -0.941. The average Bonchev–Trinajstić information content (AvgIpc) is 3.11. The number of phosphoric ester groups is 1. The number of allylic oxidation sites excluding steroid dienone is 12. The highest BCUT2D eigenvalue weighted by Gasteiger charge is 2.22. The highest BCUT2D eigenvalue weighted by atomic mass is 31.2. The van der Waals surface area contributed by atoms with Crippen molar-refractivity contribution < 1.29 is 37.9 Å². The zero-order valence-corrected chi connectivity index (χ0v) is 33.6. The molecule has 0 heterocycles. The molecule has 0 radical (unpaired) electrons. The van der Waals surface area contributed by atoms with Crippen molar-refractivity contribution in [2.75, 3.05) is 13.2 Å². The summed E-state index contributed by atoms with van der Waals surface area (Å²) in [6.45, 7) is 3.58. The van der Waals surface area contributed by atoms with Gasteiger partial charge in [0.05, 0.1) is 6.61 Å². The maximum Gasteiger partial charge on any atom is 0.469 e. The van der Waals surface area contributed by atoms with E-state index in [4.69, 9.17) is 19.3 Å². The largest absolute Gasteiger partial charge is 0.469 e. The summed E-state index contributed by atoms with van der Waals surface area (Å²) in [5.41, 5.74) is 0. The van der Waals surface area contributed by atoms with Crippen LogP contribution in [0.25, 0.3) is 0 Å². The van der Waals surface area contributed by atoms with Gasteiger partial charge >= 0.3 is 19.8 Å². The Hall–Kier alpha value is -2.51. The minimum atomic E-state index is -4.77. The number of carbonyl (C=O) groups is 2. The lowest BCUT2D eigenvalue weighted by Crippen LogP contribution is -2.29. The van der Waals surface area contributed by atoms with Crippen molar-refractivity contribution in [2.24, 2.45) is 0 Å². The summed E-state index contributed by atoms with van der Waals surface area (Å²) in [4.78, 5) is 42.8. The normalized spacial score (nSPS) is 13.2. The molecule has 0 saturated carbocycles. The van der Waals surface area contributed by atoms with Gasteiger partial charge in [-0.2, -0.15) is 0 Å². The molecular formula is C43H73O8P. The molecule has 0 aromatic carbocycles. The predicted octanol–water partition coefficient (Wildman–Crippen LogP) is 12.3. The van der Waals surface area contributed by atoms with Crippen molar-refractivity contribution in [2.45, 2.75) is 174 Å². The van der Waals surface area contributed by atoms with Crippen molar-refractivity contribution in [3.8, 4) is 0 Å². The molecule has 0 aliphatic carbocycles. The van der Waals surface area contributed by atoms with Crippen LogP contribution in [0.5, 0.6) is 0 Å². The van der Waals surface area contributed by atoms with E-state index in [0.29, 0.717) is 12.8 Å². The zero-order valence-electron chi connectivity index (χ0n) is 32.7. The molecule has 0 aromatic rings. The van der Waals surface area contributed by atoms with Crippen LogP contribution in [0, 0.1) is 0 Å². The molecule has 0 bridgehead atoms. The molecule has 9 heteroatoms. The molecule has 0 aromatic heterocycles. The van der Waals surface area contributed by atoms with Gasteiger partial charge < -0.3 is 19.3 Å². The Morgan fingerprint density at radius 1 is 0.500 bits per heavy atom.